The third-order valence-corrected chi connectivity index (χ3v) is 4.61. The zero-order valence-electron chi connectivity index (χ0n) is 11.7. The van der Waals surface area contributed by atoms with E-state index >= 15 is 0 Å². The molecule has 0 saturated carbocycles. The lowest BCUT2D eigenvalue weighted by Gasteiger charge is -2.24. The van der Waals surface area contributed by atoms with Crippen LogP contribution in [0.25, 0.3) is 0 Å². The van der Waals surface area contributed by atoms with Crippen molar-refractivity contribution >= 4 is 17.7 Å². The highest BCUT2D eigenvalue weighted by molar-refractivity contribution is 8.00. The van der Waals surface area contributed by atoms with Gasteiger partial charge in [0.1, 0.15) is 0 Å². The van der Waals surface area contributed by atoms with E-state index in [9.17, 15) is 4.79 Å². The van der Waals surface area contributed by atoms with Gasteiger partial charge in [0.05, 0.1) is 17.5 Å². The Kier molecular flexibility index (Phi) is 4.50. The van der Waals surface area contributed by atoms with Crippen molar-refractivity contribution in [2.75, 3.05) is 12.3 Å². The first kappa shape index (κ1) is 14.1. The largest absolute Gasteiger partial charge is 0.333 e. The summed E-state index contributed by atoms with van der Waals surface area (Å²) in [6.07, 6.45) is 7.34. The Morgan fingerprint density at radius 1 is 1.24 bits per heavy atom. The van der Waals surface area contributed by atoms with Gasteiger partial charge in [0, 0.05) is 30.0 Å². The van der Waals surface area contributed by atoms with E-state index in [4.69, 9.17) is 0 Å². The molecule has 1 saturated heterocycles. The molecule has 0 spiro atoms. The summed E-state index contributed by atoms with van der Waals surface area (Å²) in [7, 11) is 0. The molecule has 5 heteroatoms. The highest BCUT2D eigenvalue weighted by atomic mass is 32.2. The van der Waals surface area contributed by atoms with Gasteiger partial charge in [-0.05, 0) is 37.1 Å². The van der Waals surface area contributed by atoms with Crippen molar-refractivity contribution in [3.05, 3.63) is 54.6 Å². The highest BCUT2D eigenvalue weighted by Gasteiger charge is 2.30. The molecule has 0 unspecified atom stereocenters. The number of carbonyl (C=O) groups is 1. The van der Waals surface area contributed by atoms with E-state index in [-0.39, 0.29) is 11.9 Å². The maximum atomic E-state index is 12.5. The molecular formula is C16H17N3OS. The van der Waals surface area contributed by atoms with Gasteiger partial charge >= 0.3 is 0 Å². The predicted molar refractivity (Wildman–Crippen MR) is 82.9 cm³/mol. The molecule has 1 aliphatic heterocycles. The molecule has 2 aromatic heterocycles. The minimum absolute atomic E-state index is 0.136. The van der Waals surface area contributed by atoms with Gasteiger partial charge in [-0.25, -0.2) is 0 Å². The Morgan fingerprint density at radius 2 is 2.10 bits per heavy atom. The molecular weight excluding hydrogens is 282 g/mol. The van der Waals surface area contributed by atoms with Crippen LogP contribution in [0.5, 0.6) is 0 Å². The summed E-state index contributed by atoms with van der Waals surface area (Å²) in [4.78, 5) is 23.9. The molecule has 1 fully saturated rings. The Balaban J connectivity index is 1.64. The highest BCUT2D eigenvalue weighted by Crippen LogP contribution is 2.31. The molecule has 1 amide bonds. The van der Waals surface area contributed by atoms with Crippen molar-refractivity contribution in [2.45, 2.75) is 23.8 Å². The summed E-state index contributed by atoms with van der Waals surface area (Å²) in [5, 5.41) is 0. The van der Waals surface area contributed by atoms with Gasteiger partial charge in [-0.15, -0.1) is 11.8 Å². The number of rotatable bonds is 4. The average molecular weight is 299 g/mol. The zero-order valence-corrected chi connectivity index (χ0v) is 12.5. The van der Waals surface area contributed by atoms with Crippen molar-refractivity contribution in [1.29, 1.82) is 0 Å². The summed E-state index contributed by atoms with van der Waals surface area (Å²) < 4.78 is 0. The second-order valence-corrected chi connectivity index (χ2v) is 6.02. The lowest BCUT2D eigenvalue weighted by atomic mass is 10.1. The molecule has 2 aromatic rings. The van der Waals surface area contributed by atoms with E-state index in [2.05, 4.69) is 9.97 Å². The SMILES string of the molecule is O=C(CSc1ccncc1)N1CCC[C@@H]1c1ccccn1. The second-order valence-electron chi connectivity index (χ2n) is 4.97. The third-order valence-electron chi connectivity index (χ3n) is 3.61. The minimum atomic E-state index is 0.136. The fourth-order valence-corrected chi connectivity index (χ4v) is 3.38. The third kappa shape index (κ3) is 3.42. The Labute approximate surface area is 128 Å². The van der Waals surface area contributed by atoms with Gasteiger partial charge in [-0.2, -0.15) is 0 Å². The number of carbonyl (C=O) groups excluding carboxylic acids is 1. The first-order chi connectivity index (χ1) is 10.3. The van der Waals surface area contributed by atoms with Crippen LogP contribution in [0.15, 0.2) is 53.8 Å². The molecule has 0 aromatic carbocycles. The second kappa shape index (κ2) is 6.72. The topological polar surface area (TPSA) is 46.1 Å². The number of aromatic nitrogens is 2. The first-order valence-corrected chi connectivity index (χ1v) is 8.06. The van der Waals surface area contributed by atoms with Crippen LogP contribution in [0.3, 0.4) is 0 Å². The standard InChI is InChI=1S/C16H17N3OS/c20-16(12-21-13-6-9-17-10-7-13)19-11-3-5-15(19)14-4-1-2-8-18-14/h1-2,4,6-10,15H,3,5,11-12H2/t15-/m1/s1. The molecule has 0 bridgehead atoms. The quantitative estimate of drug-likeness (QED) is 0.814. The minimum Gasteiger partial charge on any atom is -0.333 e. The van der Waals surface area contributed by atoms with Crippen LogP contribution in [0.1, 0.15) is 24.6 Å². The lowest BCUT2D eigenvalue weighted by molar-refractivity contribution is -0.129. The monoisotopic (exact) mass is 299 g/mol. The van der Waals surface area contributed by atoms with Gasteiger partial charge in [-0.3, -0.25) is 14.8 Å². The normalized spacial score (nSPS) is 17.9. The maximum absolute atomic E-state index is 12.5. The van der Waals surface area contributed by atoms with Crippen LogP contribution in [0.2, 0.25) is 0 Å². The number of amides is 1. The van der Waals surface area contributed by atoms with Crippen LogP contribution < -0.4 is 0 Å². The molecule has 108 valence electrons. The van der Waals surface area contributed by atoms with E-state index in [1.807, 2.05) is 35.2 Å². The molecule has 21 heavy (non-hydrogen) atoms. The molecule has 3 heterocycles. The number of likely N-dealkylation sites (tertiary alicyclic amines) is 1. The number of pyridine rings is 2. The Bertz CT molecular complexity index is 591. The number of hydrogen-bond acceptors (Lipinski definition) is 4. The van der Waals surface area contributed by atoms with Crippen LogP contribution in [0.4, 0.5) is 0 Å². The molecule has 0 radical (unpaired) electrons. The zero-order chi connectivity index (χ0) is 14.5. The van der Waals surface area contributed by atoms with Gasteiger partial charge in [0.25, 0.3) is 0 Å². The molecule has 4 nitrogen and oxygen atoms in total. The van der Waals surface area contributed by atoms with E-state index in [0.717, 1.165) is 30.0 Å². The van der Waals surface area contributed by atoms with Gasteiger partial charge < -0.3 is 4.90 Å². The fraction of sp³-hybridized carbons (Fsp3) is 0.312. The van der Waals surface area contributed by atoms with E-state index in [0.29, 0.717) is 5.75 Å². The molecule has 0 N–H and O–H groups in total. The van der Waals surface area contributed by atoms with E-state index in [1.165, 1.54) is 0 Å². The number of thioether (sulfide) groups is 1. The van der Waals surface area contributed by atoms with Gasteiger partial charge in [0.15, 0.2) is 0 Å². The van der Waals surface area contributed by atoms with Gasteiger partial charge in [-0.1, -0.05) is 6.07 Å². The van der Waals surface area contributed by atoms with Crippen molar-refractivity contribution in [3.8, 4) is 0 Å². The Hall–Kier alpha value is -1.88. The van der Waals surface area contributed by atoms with E-state index in [1.54, 1.807) is 30.4 Å². The molecule has 1 aliphatic rings. The van der Waals surface area contributed by atoms with Crippen molar-refractivity contribution in [3.63, 3.8) is 0 Å². The van der Waals surface area contributed by atoms with Crippen molar-refractivity contribution in [1.82, 2.24) is 14.9 Å². The van der Waals surface area contributed by atoms with Crippen molar-refractivity contribution < 1.29 is 4.79 Å². The maximum Gasteiger partial charge on any atom is 0.233 e. The smallest absolute Gasteiger partial charge is 0.233 e. The summed E-state index contributed by atoms with van der Waals surface area (Å²) in [6, 6.07) is 9.89. The lowest BCUT2D eigenvalue weighted by Crippen LogP contribution is -2.32. The van der Waals surface area contributed by atoms with Crippen LogP contribution in [0, 0.1) is 0 Å². The summed E-state index contributed by atoms with van der Waals surface area (Å²) in [6.45, 7) is 0.830. The molecule has 0 aliphatic carbocycles. The average Bonchev–Trinajstić information content (AvgIpc) is 3.04. The van der Waals surface area contributed by atoms with E-state index < -0.39 is 0 Å². The number of hydrogen-bond donors (Lipinski definition) is 0. The molecule has 3 rings (SSSR count). The number of nitrogens with zero attached hydrogens (tertiary/aromatic N) is 3. The fourth-order valence-electron chi connectivity index (χ4n) is 2.61. The molecule has 1 atom stereocenters. The Morgan fingerprint density at radius 3 is 2.86 bits per heavy atom. The van der Waals surface area contributed by atoms with Gasteiger partial charge in [0.2, 0.25) is 5.91 Å². The summed E-state index contributed by atoms with van der Waals surface area (Å²) in [5.74, 6) is 0.651. The van der Waals surface area contributed by atoms with Crippen LogP contribution in [-0.2, 0) is 4.79 Å². The predicted octanol–water partition coefficient (Wildman–Crippen LogP) is 2.93. The van der Waals surface area contributed by atoms with Crippen molar-refractivity contribution in [2.24, 2.45) is 0 Å². The van der Waals surface area contributed by atoms with Crippen LogP contribution in [-0.4, -0.2) is 33.1 Å². The summed E-state index contributed by atoms with van der Waals surface area (Å²) >= 11 is 1.56. The first-order valence-electron chi connectivity index (χ1n) is 7.08. The van der Waals surface area contributed by atoms with Crippen LogP contribution >= 0.6 is 11.8 Å². The summed E-state index contributed by atoms with van der Waals surface area (Å²) in [5.41, 5.74) is 0.997.